The Morgan fingerprint density at radius 1 is 1.21 bits per heavy atom. The third-order valence-corrected chi connectivity index (χ3v) is 8.04. The van der Waals surface area contributed by atoms with Crippen LogP contribution in [0.15, 0.2) is 18.2 Å². The number of benzene rings is 1. The lowest BCUT2D eigenvalue weighted by Gasteiger charge is -2.41. The van der Waals surface area contributed by atoms with E-state index in [1.807, 2.05) is 0 Å². The summed E-state index contributed by atoms with van der Waals surface area (Å²) in [7, 11) is 3.37. The molecule has 4 rings (SSSR count). The Morgan fingerprint density at radius 3 is 2.74 bits per heavy atom. The molecule has 0 saturated carbocycles. The maximum absolute atomic E-state index is 12.7. The summed E-state index contributed by atoms with van der Waals surface area (Å²) in [5.41, 5.74) is 2.06. The first-order valence-corrected chi connectivity index (χ1v) is 14.7. The lowest BCUT2D eigenvalue weighted by molar-refractivity contribution is -0.132. The van der Waals surface area contributed by atoms with Crippen molar-refractivity contribution < 1.29 is 28.5 Å². The van der Waals surface area contributed by atoms with Gasteiger partial charge in [0.1, 0.15) is 17.5 Å². The highest BCUT2D eigenvalue weighted by Crippen LogP contribution is 2.38. The van der Waals surface area contributed by atoms with Gasteiger partial charge in [-0.1, -0.05) is 6.07 Å². The smallest absolute Gasteiger partial charge is 0.249 e. The van der Waals surface area contributed by atoms with E-state index in [2.05, 4.69) is 47.6 Å². The van der Waals surface area contributed by atoms with Gasteiger partial charge in [0.15, 0.2) is 0 Å². The predicted molar refractivity (Wildman–Crippen MR) is 151 cm³/mol. The average Bonchev–Trinajstić information content (AvgIpc) is 2.94. The number of hydrogen-bond acceptors (Lipinski definition) is 8. The van der Waals surface area contributed by atoms with Gasteiger partial charge >= 0.3 is 0 Å². The first-order valence-electron chi connectivity index (χ1n) is 14.7. The van der Waals surface area contributed by atoms with E-state index in [0.29, 0.717) is 25.5 Å². The predicted octanol–water partition coefficient (Wildman–Crippen LogP) is 3.29. The molecule has 2 fully saturated rings. The molecule has 0 radical (unpaired) electrons. The van der Waals surface area contributed by atoms with Gasteiger partial charge in [-0.15, -0.1) is 0 Å². The van der Waals surface area contributed by atoms with Crippen molar-refractivity contribution in [3.63, 3.8) is 0 Å². The van der Waals surface area contributed by atoms with Crippen LogP contribution in [0.4, 0.5) is 5.69 Å². The Kier molecular flexibility index (Phi) is 11.3. The minimum Gasteiger partial charge on any atom is -0.484 e. The molecule has 9 nitrogen and oxygen atoms in total. The molecule has 9 heteroatoms. The summed E-state index contributed by atoms with van der Waals surface area (Å²) in [6, 6.07) is 6.63. The van der Waals surface area contributed by atoms with E-state index in [9.17, 15) is 4.79 Å². The number of rotatable bonds is 13. The van der Waals surface area contributed by atoms with Gasteiger partial charge in [0.25, 0.3) is 0 Å². The van der Waals surface area contributed by atoms with Crippen molar-refractivity contribution >= 4 is 11.6 Å². The number of methoxy groups -OCH3 is 2. The standard InChI is InChI=1S/C30H49N3O6/c1-30(2)21-33(12-5-13-35-3)26-16-23(6-9-27(26)39-30)20-38-25-8-7-24(31-19-25)17-28(36-4)29(34)32-18-22-10-14-37-15-11-22/h6,9,16,22,24-25,28,31H,5,7-8,10-15,17-21H2,1-4H3,(H,32,34)/t24-,25+,28?/m0/s1. The van der Waals surface area contributed by atoms with E-state index in [1.165, 1.54) is 0 Å². The Bertz CT molecular complexity index is 899. The third-order valence-electron chi connectivity index (χ3n) is 8.04. The molecule has 3 aliphatic heterocycles. The fourth-order valence-electron chi connectivity index (χ4n) is 5.79. The van der Waals surface area contributed by atoms with Crippen LogP contribution in [0.25, 0.3) is 0 Å². The highest BCUT2D eigenvalue weighted by molar-refractivity contribution is 5.80. The topological polar surface area (TPSA) is 90.5 Å². The monoisotopic (exact) mass is 547 g/mol. The van der Waals surface area contributed by atoms with Crippen molar-refractivity contribution in [2.45, 2.75) is 82.8 Å². The minimum atomic E-state index is -0.436. The molecule has 3 heterocycles. The number of hydrogen-bond donors (Lipinski definition) is 2. The first-order chi connectivity index (χ1) is 18.9. The highest BCUT2D eigenvalue weighted by Gasteiger charge is 2.32. The van der Waals surface area contributed by atoms with Gasteiger partial charge in [-0.05, 0) is 76.0 Å². The number of anilines is 1. The summed E-state index contributed by atoms with van der Waals surface area (Å²) in [4.78, 5) is 15.1. The van der Waals surface area contributed by atoms with Crippen LogP contribution in [0.2, 0.25) is 0 Å². The number of fused-ring (bicyclic) bond motifs is 1. The van der Waals surface area contributed by atoms with Gasteiger partial charge in [-0.25, -0.2) is 0 Å². The minimum absolute atomic E-state index is 0.0137. The number of ether oxygens (including phenoxy) is 5. The second-order valence-corrected chi connectivity index (χ2v) is 11.8. The molecule has 3 atom stereocenters. The summed E-state index contributed by atoms with van der Waals surface area (Å²) in [6.07, 6.45) is 5.29. The van der Waals surface area contributed by atoms with Crippen molar-refractivity contribution in [3.8, 4) is 5.75 Å². The molecule has 0 aliphatic carbocycles. The SMILES string of the molecule is COCCCN1CC(C)(C)Oc2ccc(CO[C@@H]3CC[C@@H](CC(OC)C(=O)NCC4CCOCC4)NC3)cc21. The fraction of sp³-hybridized carbons (Fsp3) is 0.767. The second-order valence-electron chi connectivity index (χ2n) is 11.8. The van der Waals surface area contributed by atoms with Gasteiger partial charge in [0.05, 0.1) is 24.9 Å². The zero-order valence-electron chi connectivity index (χ0n) is 24.3. The van der Waals surface area contributed by atoms with Crippen LogP contribution in [-0.4, -0.2) is 90.0 Å². The van der Waals surface area contributed by atoms with Crippen molar-refractivity contribution in [2.75, 3.05) is 65.1 Å². The van der Waals surface area contributed by atoms with E-state index >= 15 is 0 Å². The number of nitrogens with zero attached hydrogens (tertiary/aromatic N) is 1. The highest BCUT2D eigenvalue weighted by atomic mass is 16.5. The summed E-state index contributed by atoms with van der Waals surface area (Å²) < 4.78 is 28.8. The molecule has 0 aromatic heterocycles. The molecule has 0 bridgehead atoms. The molecule has 2 N–H and O–H groups in total. The molecule has 1 unspecified atom stereocenters. The van der Waals surface area contributed by atoms with Crippen molar-refractivity contribution in [1.29, 1.82) is 0 Å². The van der Waals surface area contributed by atoms with E-state index < -0.39 is 6.10 Å². The quantitative estimate of drug-likeness (QED) is 0.364. The van der Waals surface area contributed by atoms with Crippen LogP contribution in [0.3, 0.4) is 0 Å². The summed E-state index contributed by atoms with van der Waals surface area (Å²) in [6.45, 7) is 10.4. The van der Waals surface area contributed by atoms with Crippen LogP contribution in [-0.2, 0) is 30.3 Å². The Morgan fingerprint density at radius 2 is 2.03 bits per heavy atom. The molecular formula is C30H49N3O6. The number of carbonyl (C=O) groups is 1. The summed E-state index contributed by atoms with van der Waals surface area (Å²) in [5, 5.41) is 6.68. The molecule has 3 aliphatic rings. The molecule has 0 spiro atoms. The van der Waals surface area contributed by atoms with E-state index in [1.54, 1.807) is 14.2 Å². The van der Waals surface area contributed by atoms with Gasteiger partial charge < -0.3 is 39.2 Å². The Labute approximate surface area is 234 Å². The maximum Gasteiger partial charge on any atom is 0.249 e. The van der Waals surface area contributed by atoms with Crippen LogP contribution >= 0.6 is 0 Å². The molecular weight excluding hydrogens is 498 g/mol. The van der Waals surface area contributed by atoms with Crippen LogP contribution in [0.1, 0.15) is 57.9 Å². The Hall–Kier alpha value is -1.91. The lowest BCUT2D eigenvalue weighted by Crippen LogP contribution is -2.47. The largest absolute Gasteiger partial charge is 0.484 e. The molecule has 1 aromatic carbocycles. The summed E-state index contributed by atoms with van der Waals surface area (Å²) in [5.74, 6) is 1.42. The van der Waals surface area contributed by atoms with Crippen molar-refractivity contribution in [2.24, 2.45) is 5.92 Å². The van der Waals surface area contributed by atoms with Crippen LogP contribution in [0, 0.1) is 5.92 Å². The van der Waals surface area contributed by atoms with Crippen LogP contribution < -0.4 is 20.3 Å². The van der Waals surface area contributed by atoms with Crippen molar-refractivity contribution in [3.05, 3.63) is 23.8 Å². The molecule has 1 amide bonds. The molecule has 2 saturated heterocycles. The molecule has 220 valence electrons. The van der Waals surface area contributed by atoms with Gasteiger partial charge in [-0.3, -0.25) is 4.79 Å². The zero-order valence-corrected chi connectivity index (χ0v) is 24.3. The van der Waals surface area contributed by atoms with E-state index in [-0.39, 0.29) is 23.7 Å². The third kappa shape index (κ3) is 9.05. The lowest BCUT2D eigenvalue weighted by atomic mass is 9.96. The number of piperidine rings is 1. The normalized spacial score (nSPS) is 24.1. The second kappa shape index (κ2) is 14.6. The van der Waals surface area contributed by atoms with Gasteiger partial charge in [0.2, 0.25) is 5.91 Å². The van der Waals surface area contributed by atoms with Gasteiger partial charge in [-0.2, -0.15) is 0 Å². The van der Waals surface area contributed by atoms with E-state index in [4.69, 9.17) is 23.7 Å². The zero-order chi connectivity index (χ0) is 27.7. The molecule has 1 aromatic rings. The number of amides is 1. The average molecular weight is 548 g/mol. The van der Waals surface area contributed by atoms with Crippen LogP contribution in [0.5, 0.6) is 5.75 Å². The fourth-order valence-corrected chi connectivity index (χ4v) is 5.79. The van der Waals surface area contributed by atoms with Crippen molar-refractivity contribution in [1.82, 2.24) is 10.6 Å². The van der Waals surface area contributed by atoms with Gasteiger partial charge in [0, 0.05) is 59.7 Å². The maximum atomic E-state index is 12.7. The Balaban J connectivity index is 1.21. The summed E-state index contributed by atoms with van der Waals surface area (Å²) >= 11 is 0. The number of carbonyl (C=O) groups excluding carboxylic acids is 1. The molecule has 39 heavy (non-hydrogen) atoms. The number of nitrogens with one attached hydrogen (secondary N) is 2. The first kappa shape index (κ1) is 30.1. The van der Waals surface area contributed by atoms with E-state index in [0.717, 1.165) is 88.6 Å².